The van der Waals surface area contributed by atoms with Crippen molar-refractivity contribution in [2.75, 3.05) is 13.2 Å². The Balaban J connectivity index is 1.58. The fourth-order valence-corrected chi connectivity index (χ4v) is 4.65. The summed E-state index contributed by atoms with van der Waals surface area (Å²) in [6.45, 7) is 4.92. The molecule has 160 valence electrons. The first kappa shape index (κ1) is 21.6. The molecule has 0 saturated carbocycles. The first-order chi connectivity index (χ1) is 14.4. The highest BCUT2D eigenvalue weighted by atomic mass is 35.5. The SMILES string of the molecule is CC(C)(O)c1ccc(C2N=C(C3CCOCC3)OC2Sc2ccc(CCl)cn2)cn1. The van der Waals surface area contributed by atoms with Crippen molar-refractivity contribution in [1.82, 2.24) is 9.97 Å². The van der Waals surface area contributed by atoms with E-state index in [4.69, 9.17) is 26.1 Å². The Morgan fingerprint density at radius 2 is 1.93 bits per heavy atom. The molecule has 2 aromatic rings. The van der Waals surface area contributed by atoms with Crippen molar-refractivity contribution < 1.29 is 14.6 Å². The molecule has 6 nitrogen and oxygen atoms in total. The molecule has 2 unspecified atom stereocenters. The number of hydrogen-bond donors (Lipinski definition) is 1. The lowest BCUT2D eigenvalue weighted by atomic mass is 10.0. The molecular formula is C22H26ClN3O3S. The topological polar surface area (TPSA) is 76.8 Å². The van der Waals surface area contributed by atoms with Crippen LogP contribution >= 0.6 is 23.4 Å². The maximum Gasteiger partial charge on any atom is 0.188 e. The molecule has 1 saturated heterocycles. The molecule has 2 aromatic heterocycles. The van der Waals surface area contributed by atoms with Crippen LogP contribution in [-0.2, 0) is 21.0 Å². The van der Waals surface area contributed by atoms with E-state index in [1.54, 1.807) is 38.0 Å². The van der Waals surface area contributed by atoms with Gasteiger partial charge in [0, 0.05) is 37.4 Å². The van der Waals surface area contributed by atoms with Crippen LogP contribution in [0.3, 0.4) is 0 Å². The molecule has 1 fully saturated rings. The number of ether oxygens (including phenoxy) is 2. The van der Waals surface area contributed by atoms with Crippen LogP contribution < -0.4 is 0 Å². The highest BCUT2D eigenvalue weighted by molar-refractivity contribution is 7.99. The van der Waals surface area contributed by atoms with Gasteiger partial charge in [-0.2, -0.15) is 0 Å². The third kappa shape index (κ3) is 4.97. The standard InChI is InChI=1S/C22H26ClN3O3S/c1-22(2,27)17-5-4-16(13-24-17)19-21(30-18-6-3-14(11-23)12-25-18)29-20(26-19)15-7-9-28-10-8-15/h3-6,12-13,15,19,21,27H,7-11H2,1-2H3. The van der Waals surface area contributed by atoms with Gasteiger partial charge in [0.1, 0.15) is 11.6 Å². The maximum atomic E-state index is 10.2. The van der Waals surface area contributed by atoms with Gasteiger partial charge in [0.15, 0.2) is 11.3 Å². The summed E-state index contributed by atoms with van der Waals surface area (Å²) in [5, 5.41) is 11.1. The minimum absolute atomic E-state index is 0.189. The molecule has 30 heavy (non-hydrogen) atoms. The number of halogens is 1. The van der Waals surface area contributed by atoms with E-state index in [9.17, 15) is 5.11 Å². The summed E-state index contributed by atoms with van der Waals surface area (Å²) in [5.74, 6) is 1.52. The van der Waals surface area contributed by atoms with E-state index >= 15 is 0 Å². The highest BCUT2D eigenvalue weighted by Gasteiger charge is 2.37. The summed E-state index contributed by atoms with van der Waals surface area (Å²) >= 11 is 7.43. The zero-order chi connectivity index (χ0) is 21.1. The molecule has 2 aliphatic heterocycles. The van der Waals surface area contributed by atoms with Crippen LogP contribution in [0.2, 0.25) is 0 Å². The van der Waals surface area contributed by atoms with Gasteiger partial charge in [-0.1, -0.05) is 23.9 Å². The second-order valence-corrected chi connectivity index (χ2v) is 9.46. The number of rotatable bonds is 6. The van der Waals surface area contributed by atoms with Crippen LogP contribution in [0.15, 0.2) is 46.7 Å². The van der Waals surface area contributed by atoms with E-state index in [1.807, 2.05) is 24.3 Å². The highest BCUT2D eigenvalue weighted by Crippen LogP contribution is 2.41. The van der Waals surface area contributed by atoms with Crippen molar-refractivity contribution in [2.24, 2.45) is 10.9 Å². The number of nitrogens with zero attached hydrogens (tertiary/aromatic N) is 3. The molecule has 4 heterocycles. The van der Waals surface area contributed by atoms with Crippen LogP contribution in [0.1, 0.15) is 49.6 Å². The van der Waals surface area contributed by atoms with Gasteiger partial charge in [-0.05, 0) is 49.9 Å². The van der Waals surface area contributed by atoms with Gasteiger partial charge in [0.05, 0.1) is 10.7 Å². The molecule has 4 rings (SSSR count). The fraction of sp³-hybridized carbons (Fsp3) is 0.500. The van der Waals surface area contributed by atoms with Crippen LogP contribution in [0, 0.1) is 5.92 Å². The second-order valence-electron chi connectivity index (χ2n) is 8.08. The molecule has 2 aliphatic rings. The van der Waals surface area contributed by atoms with Crippen molar-refractivity contribution >= 4 is 29.3 Å². The minimum atomic E-state index is -0.983. The summed E-state index contributed by atoms with van der Waals surface area (Å²) < 4.78 is 11.8. The van der Waals surface area contributed by atoms with Crippen molar-refractivity contribution in [3.8, 4) is 0 Å². The van der Waals surface area contributed by atoms with Gasteiger partial charge in [-0.15, -0.1) is 11.6 Å². The van der Waals surface area contributed by atoms with E-state index in [2.05, 4.69) is 9.97 Å². The number of aliphatic hydroxyl groups is 1. The van der Waals surface area contributed by atoms with Crippen molar-refractivity contribution in [3.63, 3.8) is 0 Å². The smallest absolute Gasteiger partial charge is 0.188 e. The molecule has 0 radical (unpaired) electrons. The number of pyridine rings is 2. The molecule has 0 aromatic carbocycles. The van der Waals surface area contributed by atoms with Gasteiger partial charge in [-0.25, -0.2) is 9.98 Å². The third-order valence-electron chi connectivity index (χ3n) is 5.28. The minimum Gasteiger partial charge on any atom is -0.464 e. The number of hydrogen-bond acceptors (Lipinski definition) is 7. The second kappa shape index (κ2) is 9.22. The summed E-state index contributed by atoms with van der Waals surface area (Å²) in [6.07, 6.45) is 5.41. The van der Waals surface area contributed by atoms with Crippen LogP contribution in [0.25, 0.3) is 0 Å². The van der Waals surface area contributed by atoms with E-state index in [0.29, 0.717) is 11.6 Å². The quantitative estimate of drug-likeness (QED) is 0.659. The first-order valence-corrected chi connectivity index (χ1v) is 11.5. The van der Waals surface area contributed by atoms with Crippen LogP contribution in [0.5, 0.6) is 0 Å². The largest absolute Gasteiger partial charge is 0.464 e. The van der Waals surface area contributed by atoms with Crippen molar-refractivity contribution in [3.05, 3.63) is 53.5 Å². The van der Waals surface area contributed by atoms with Crippen LogP contribution in [-0.4, -0.2) is 39.6 Å². The Hall–Kier alpha value is -1.67. The number of aromatic nitrogens is 2. The van der Waals surface area contributed by atoms with Crippen molar-refractivity contribution in [1.29, 1.82) is 0 Å². The normalized spacial score (nSPS) is 22.6. The van der Waals surface area contributed by atoms with E-state index in [0.717, 1.165) is 48.1 Å². The number of thioether (sulfide) groups is 1. The lowest BCUT2D eigenvalue weighted by molar-refractivity contribution is 0.0737. The predicted octanol–water partition coefficient (Wildman–Crippen LogP) is 4.46. The van der Waals surface area contributed by atoms with E-state index in [-0.39, 0.29) is 17.4 Å². The van der Waals surface area contributed by atoms with Gasteiger partial charge in [-0.3, -0.25) is 4.98 Å². The zero-order valence-electron chi connectivity index (χ0n) is 17.1. The van der Waals surface area contributed by atoms with Gasteiger partial charge >= 0.3 is 0 Å². The summed E-state index contributed by atoms with van der Waals surface area (Å²) in [5.41, 5.74) is 1.35. The number of aliphatic imine (C=N–C) groups is 1. The summed E-state index contributed by atoms with van der Waals surface area (Å²) in [4.78, 5) is 13.9. The Morgan fingerprint density at radius 1 is 1.13 bits per heavy atom. The van der Waals surface area contributed by atoms with Crippen molar-refractivity contribution in [2.45, 2.75) is 54.7 Å². The molecule has 1 N–H and O–H groups in total. The molecule has 0 amide bonds. The Bertz CT molecular complexity index is 878. The summed E-state index contributed by atoms with van der Waals surface area (Å²) in [6, 6.07) is 7.58. The Kier molecular flexibility index (Phi) is 6.63. The number of alkyl halides is 1. The fourth-order valence-electron chi connectivity index (χ4n) is 3.50. The Labute approximate surface area is 186 Å². The lowest BCUT2D eigenvalue weighted by Gasteiger charge is -2.22. The average Bonchev–Trinajstić information content (AvgIpc) is 3.18. The molecule has 8 heteroatoms. The predicted molar refractivity (Wildman–Crippen MR) is 118 cm³/mol. The molecule has 0 bridgehead atoms. The molecular weight excluding hydrogens is 422 g/mol. The third-order valence-corrected chi connectivity index (χ3v) is 6.65. The molecule has 0 spiro atoms. The van der Waals surface area contributed by atoms with Gasteiger partial charge in [0.25, 0.3) is 0 Å². The van der Waals surface area contributed by atoms with Crippen LogP contribution in [0.4, 0.5) is 0 Å². The Morgan fingerprint density at radius 3 is 2.53 bits per heavy atom. The first-order valence-electron chi connectivity index (χ1n) is 10.1. The average molecular weight is 448 g/mol. The van der Waals surface area contributed by atoms with E-state index < -0.39 is 5.60 Å². The van der Waals surface area contributed by atoms with Gasteiger partial charge in [0.2, 0.25) is 0 Å². The maximum absolute atomic E-state index is 10.2. The van der Waals surface area contributed by atoms with E-state index in [1.165, 1.54) is 0 Å². The zero-order valence-corrected chi connectivity index (χ0v) is 18.7. The molecule has 0 aliphatic carbocycles. The molecule has 2 atom stereocenters. The van der Waals surface area contributed by atoms with Gasteiger partial charge < -0.3 is 14.6 Å². The lowest BCUT2D eigenvalue weighted by Crippen LogP contribution is -2.25. The monoisotopic (exact) mass is 447 g/mol. The summed E-state index contributed by atoms with van der Waals surface area (Å²) in [7, 11) is 0.